The lowest BCUT2D eigenvalue weighted by Crippen LogP contribution is -2.28. The lowest BCUT2D eigenvalue weighted by Gasteiger charge is -2.33. The number of phenols is 2. The molecule has 228 valence electrons. The molecule has 1 aliphatic rings. The van der Waals surface area contributed by atoms with Gasteiger partial charge in [0.1, 0.15) is 11.5 Å². The van der Waals surface area contributed by atoms with Crippen LogP contribution in [-0.4, -0.2) is 15.2 Å². The third-order valence-corrected chi connectivity index (χ3v) is 7.02. The second-order valence-corrected chi connectivity index (χ2v) is 10.4. The van der Waals surface area contributed by atoms with Crippen molar-refractivity contribution >= 4 is 10.9 Å². The first-order valence-corrected chi connectivity index (χ1v) is 15.8. The lowest BCUT2D eigenvalue weighted by molar-refractivity contribution is 0.475. The Morgan fingerprint density at radius 3 is 1.32 bits per heavy atom. The highest BCUT2D eigenvalue weighted by Gasteiger charge is 2.45. The Morgan fingerprint density at radius 1 is 0.500 bits per heavy atom. The van der Waals surface area contributed by atoms with Crippen molar-refractivity contribution in [2.24, 2.45) is 0 Å². The monoisotopic (exact) mass is 585 g/mol. The Kier molecular flexibility index (Phi) is 12.9. The van der Waals surface area contributed by atoms with Gasteiger partial charge < -0.3 is 15.2 Å². The van der Waals surface area contributed by atoms with E-state index in [1.165, 1.54) is 46.0 Å². The number of benzene rings is 5. The van der Waals surface area contributed by atoms with Crippen molar-refractivity contribution in [1.29, 1.82) is 0 Å². The van der Waals surface area contributed by atoms with Crippen LogP contribution in [0.3, 0.4) is 0 Å². The fourth-order valence-corrected chi connectivity index (χ4v) is 5.44. The molecule has 0 saturated carbocycles. The minimum absolute atomic E-state index is 0.249. The number of aromatic hydroxyl groups is 2. The van der Waals surface area contributed by atoms with Crippen LogP contribution in [0.2, 0.25) is 0 Å². The lowest BCUT2D eigenvalue weighted by atomic mass is 9.68. The van der Waals surface area contributed by atoms with Gasteiger partial charge in [-0.05, 0) is 75.2 Å². The summed E-state index contributed by atoms with van der Waals surface area (Å²) in [4.78, 5) is 3.12. The Morgan fingerprint density at radius 2 is 0.886 bits per heavy atom. The highest BCUT2D eigenvalue weighted by Crippen LogP contribution is 2.56. The van der Waals surface area contributed by atoms with E-state index in [4.69, 9.17) is 0 Å². The van der Waals surface area contributed by atoms with Gasteiger partial charge in [0.2, 0.25) is 0 Å². The minimum Gasteiger partial charge on any atom is -0.508 e. The van der Waals surface area contributed by atoms with Crippen LogP contribution < -0.4 is 0 Å². The number of para-hydroxylation sites is 1. The van der Waals surface area contributed by atoms with Crippen LogP contribution in [0.4, 0.5) is 0 Å². The van der Waals surface area contributed by atoms with Gasteiger partial charge in [0, 0.05) is 11.7 Å². The van der Waals surface area contributed by atoms with E-state index in [9.17, 15) is 10.2 Å². The predicted molar refractivity (Wildman–Crippen MR) is 189 cm³/mol. The summed E-state index contributed by atoms with van der Waals surface area (Å²) in [7, 11) is 0. The third-order valence-electron chi connectivity index (χ3n) is 7.02. The standard InChI is InChI=1S/C25H18O2.C8H7N.2C3H8.C2H6/c26-19-13-9-17(10-14-19)25(18-11-15-20(27)16-12-18)23-7-3-1-5-21(23)22-6-2-4-8-24(22)25;1-2-4-8-7(3-1)5-6-9-8;2*1-3-2;1-2/h1-16,26-27H;1-6,9H;2*3H2,1-2H3;1-2H3. The van der Waals surface area contributed by atoms with Gasteiger partial charge in [-0.25, -0.2) is 0 Å². The Hall–Kier alpha value is -4.76. The van der Waals surface area contributed by atoms with Crippen molar-refractivity contribution in [3.63, 3.8) is 0 Å². The summed E-state index contributed by atoms with van der Waals surface area (Å²) >= 11 is 0. The molecule has 5 aromatic carbocycles. The van der Waals surface area contributed by atoms with Gasteiger partial charge in [-0.3, -0.25) is 0 Å². The third kappa shape index (κ3) is 7.23. The summed E-state index contributed by atoms with van der Waals surface area (Å²) in [5, 5.41) is 21.0. The molecule has 0 fully saturated rings. The van der Waals surface area contributed by atoms with Gasteiger partial charge in [0.15, 0.2) is 0 Å². The summed E-state index contributed by atoms with van der Waals surface area (Å²) in [5.41, 5.74) is 7.74. The van der Waals surface area contributed by atoms with Crippen molar-refractivity contribution in [1.82, 2.24) is 4.98 Å². The fourth-order valence-electron chi connectivity index (χ4n) is 5.44. The maximum absolute atomic E-state index is 9.85. The maximum atomic E-state index is 9.85. The van der Waals surface area contributed by atoms with E-state index in [-0.39, 0.29) is 11.5 Å². The Labute approximate surface area is 263 Å². The van der Waals surface area contributed by atoms with Crippen molar-refractivity contribution < 1.29 is 10.2 Å². The average Bonchev–Trinajstić information content (AvgIpc) is 3.66. The number of hydrogen-bond acceptors (Lipinski definition) is 2. The van der Waals surface area contributed by atoms with Crippen LogP contribution in [0.25, 0.3) is 22.0 Å². The molecule has 0 saturated heterocycles. The summed E-state index contributed by atoms with van der Waals surface area (Å²) in [6.45, 7) is 12.5. The maximum Gasteiger partial charge on any atom is 0.115 e. The number of fused-ring (bicyclic) bond motifs is 4. The molecule has 0 unspecified atom stereocenters. The van der Waals surface area contributed by atoms with E-state index >= 15 is 0 Å². The molecule has 3 nitrogen and oxygen atoms in total. The summed E-state index contributed by atoms with van der Waals surface area (Å²) in [6.07, 6.45) is 4.45. The molecule has 3 N–H and O–H groups in total. The van der Waals surface area contributed by atoms with Gasteiger partial charge in [-0.2, -0.15) is 0 Å². The Balaban J connectivity index is 0.000000257. The number of aromatic amines is 1. The van der Waals surface area contributed by atoms with E-state index < -0.39 is 5.41 Å². The van der Waals surface area contributed by atoms with Crippen LogP contribution in [0, 0.1) is 0 Å². The summed E-state index contributed by atoms with van der Waals surface area (Å²) in [5.74, 6) is 0.498. The van der Waals surface area contributed by atoms with Crippen molar-refractivity contribution in [3.8, 4) is 22.6 Å². The molecule has 0 amide bonds. The van der Waals surface area contributed by atoms with Crippen molar-refractivity contribution in [3.05, 3.63) is 156 Å². The van der Waals surface area contributed by atoms with Gasteiger partial charge in [0.25, 0.3) is 0 Å². The second kappa shape index (κ2) is 16.8. The van der Waals surface area contributed by atoms with Crippen LogP contribution >= 0.6 is 0 Å². The van der Waals surface area contributed by atoms with Gasteiger partial charge in [-0.15, -0.1) is 0 Å². The molecule has 3 heteroatoms. The first kappa shape index (κ1) is 33.7. The van der Waals surface area contributed by atoms with E-state index in [2.05, 4.69) is 99.4 Å². The predicted octanol–water partition coefficient (Wildman–Crippen LogP) is 11.5. The zero-order valence-electron chi connectivity index (χ0n) is 27.0. The molecule has 0 spiro atoms. The van der Waals surface area contributed by atoms with E-state index in [0.29, 0.717) is 0 Å². The molecule has 1 aromatic heterocycles. The van der Waals surface area contributed by atoms with Crippen LogP contribution in [0.15, 0.2) is 134 Å². The minimum atomic E-state index is -0.491. The molecule has 0 atom stereocenters. The number of aromatic nitrogens is 1. The zero-order valence-corrected chi connectivity index (χ0v) is 27.0. The van der Waals surface area contributed by atoms with E-state index in [0.717, 1.165) is 11.1 Å². The normalized spacial score (nSPS) is 11.5. The largest absolute Gasteiger partial charge is 0.508 e. The molecule has 44 heavy (non-hydrogen) atoms. The highest BCUT2D eigenvalue weighted by atomic mass is 16.3. The van der Waals surface area contributed by atoms with Crippen LogP contribution in [-0.2, 0) is 5.41 Å². The molecular weight excluding hydrogens is 538 g/mol. The number of phenolic OH excluding ortho intramolecular Hbond substituents is 2. The first-order valence-electron chi connectivity index (χ1n) is 15.8. The molecule has 1 heterocycles. The SMILES string of the molecule is CC.CCC.CCC.Oc1ccc(C2(c3ccc(O)cc3)c3ccccc3-c3ccccc32)cc1.c1ccc2[nH]ccc2c1. The van der Waals surface area contributed by atoms with Crippen molar-refractivity contribution in [2.75, 3.05) is 0 Å². The van der Waals surface area contributed by atoms with Gasteiger partial charge in [0.05, 0.1) is 5.41 Å². The summed E-state index contributed by atoms with van der Waals surface area (Å²) in [6, 6.07) is 42.1. The zero-order chi connectivity index (χ0) is 32.0. The molecule has 1 aliphatic carbocycles. The number of hydrogen-bond donors (Lipinski definition) is 3. The van der Waals surface area contributed by atoms with Gasteiger partial charge in [-0.1, -0.05) is 145 Å². The number of H-pyrrole nitrogens is 1. The van der Waals surface area contributed by atoms with Gasteiger partial charge >= 0.3 is 0 Å². The first-order chi connectivity index (χ1) is 21.5. The average molecular weight is 586 g/mol. The quantitative estimate of drug-likeness (QED) is 0.189. The number of rotatable bonds is 2. The molecule has 6 aromatic rings. The molecule has 0 aliphatic heterocycles. The number of nitrogens with one attached hydrogen (secondary N) is 1. The van der Waals surface area contributed by atoms with E-state index in [1.807, 2.05) is 56.4 Å². The highest BCUT2D eigenvalue weighted by molar-refractivity contribution is 5.86. The molecule has 0 bridgehead atoms. The topological polar surface area (TPSA) is 56.2 Å². The fraction of sp³-hybridized carbons (Fsp3) is 0.220. The van der Waals surface area contributed by atoms with E-state index in [1.54, 1.807) is 24.3 Å². The molecule has 7 rings (SSSR count). The molecule has 0 radical (unpaired) electrons. The van der Waals surface area contributed by atoms with Crippen LogP contribution in [0.5, 0.6) is 11.5 Å². The van der Waals surface area contributed by atoms with Crippen molar-refractivity contribution in [2.45, 2.75) is 59.8 Å². The second-order valence-electron chi connectivity index (χ2n) is 10.4. The molecular formula is C41H47NO2. The summed E-state index contributed by atoms with van der Waals surface area (Å²) < 4.78 is 0. The van der Waals surface area contributed by atoms with Crippen LogP contribution in [0.1, 0.15) is 76.6 Å². The Bertz CT molecular complexity index is 1560. The smallest absolute Gasteiger partial charge is 0.115 e.